The van der Waals surface area contributed by atoms with Crippen LogP contribution in [0.4, 0.5) is 11.4 Å². The number of pyridine rings is 1. The van der Waals surface area contributed by atoms with Gasteiger partial charge in [0.15, 0.2) is 0 Å². The second-order valence-corrected chi connectivity index (χ2v) is 5.36. The number of benzene rings is 1. The molecule has 3 nitrogen and oxygen atoms in total. The van der Waals surface area contributed by atoms with Crippen LogP contribution in [0.1, 0.15) is 5.69 Å². The van der Waals surface area contributed by atoms with E-state index in [1.54, 1.807) is 11.8 Å². The highest BCUT2D eigenvalue weighted by molar-refractivity contribution is 7.99. The zero-order valence-electron chi connectivity index (χ0n) is 10.9. The third-order valence-electron chi connectivity index (χ3n) is 2.82. The average molecular weight is 271 g/mol. The molecule has 0 radical (unpaired) electrons. The van der Waals surface area contributed by atoms with Crippen LogP contribution in [0.25, 0.3) is 10.8 Å². The largest absolute Gasteiger partial charge is 0.398 e. The Balaban J connectivity index is 2.17. The van der Waals surface area contributed by atoms with E-state index in [2.05, 4.69) is 22.3 Å². The van der Waals surface area contributed by atoms with Crippen molar-refractivity contribution >= 4 is 33.9 Å². The minimum absolute atomic E-state index is 0.757. The number of anilines is 2. The summed E-state index contributed by atoms with van der Waals surface area (Å²) in [6, 6.07) is 5.99. The number of fused-ring (bicyclic) bond motifs is 1. The fraction of sp³-hybridized carbons (Fsp3) is 0.267. The lowest BCUT2D eigenvalue weighted by atomic mass is 10.1. The second kappa shape index (κ2) is 6.35. The van der Waals surface area contributed by atoms with Crippen molar-refractivity contribution in [3.63, 3.8) is 0 Å². The number of terminal acetylenes is 1. The molecule has 2 rings (SSSR count). The highest BCUT2D eigenvalue weighted by Crippen LogP contribution is 2.28. The van der Waals surface area contributed by atoms with Gasteiger partial charge in [-0.2, -0.15) is 0 Å². The monoisotopic (exact) mass is 271 g/mol. The van der Waals surface area contributed by atoms with Crippen LogP contribution in [0, 0.1) is 19.3 Å². The summed E-state index contributed by atoms with van der Waals surface area (Å²) in [5.74, 6) is 4.36. The lowest BCUT2D eigenvalue weighted by Gasteiger charge is -2.11. The molecule has 3 N–H and O–H groups in total. The SMILES string of the molecule is C#CCSCCNc1ccc(N)c2cnc(C)cc12. The van der Waals surface area contributed by atoms with Crippen molar-refractivity contribution in [3.05, 3.63) is 30.1 Å². The van der Waals surface area contributed by atoms with Crippen molar-refractivity contribution in [1.82, 2.24) is 4.98 Å². The third kappa shape index (κ3) is 3.33. The van der Waals surface area contributed by atoms with E-state index in [-0.39, 0.29) is 0 Å². The molecule has 0 spiro atoms. The van der Waals surface area contributed by atoms with Crippen molar-refractivity contribution < 1.29 is 0 Å². The Hall–Kier alpha value is -1.86. The van der Waals surface area contributed by atoms with Crippen LogP contribution in [0.15, 0.2) is 24.4 Å². The molecule has 19 heavy (non-hydrogen) atoms. The maximum absolute atomic E-state index is 5.98. The van der Waals surface area contributed by atoms with Gasteiger partial charge in [-0.05, 0) is 25.1 Å². The van der Waals surface area contributed by atoms with Gasteiger partial charge >= 0.3 is 0 Å². The Morgan fingerprint density at radius 2 is 2.26 bits per heavy atom. The molecule has 0 aliphatic carbocycles. The predicted molar refractivity (Wildman–Crippen MR) is 85.5 cm³/mol. The topological polar surface area (TPSA) is 50.9 Å². The highest BCUT2D eigenvalue weighted by Gasteiger charge is 2.04. The van der Waals surface area contributed by atoms with E-state index in [4.69, 9.17) is 12.2 Å². The molecule has 0 atom stereocenters. The van der Waals surface area contributed by atoms with Crippen LogP contribution in [0.3, 0.4) is 0 Å². The van der Waals surface area contributed by atoms with E-state index in [1.807, 2.05) is 25.3 Å². The predicted octanol–water partition coefficient (Wildman–Crippen LogP) is 2.90. The van der Waals surface area contributed by atoms with Gasteiger partial charge in [0, 0.05) is 46.3 Å². The summed E-state index contributed by atoms with van der Waals surface area (Å²) < 4.78 is 0. The van der Waals surface area contributed by atoms with Crippen molar-refractivity contribution in [1.29, 1.82) is 0 Å². The molecule has 4 heteroatoms. The Morgan fingerprint density at radius 3 is 3.05 bits per heavy atom. The number of nitrogens with two attached hydrogens (primary N) is 1. The number of hydrogen-bond donors (Lipinski definition) is 2. The van der Waals surface area contributed by atoms with Crippen molar-refractivity contribution in [3.8, 4) is 12.3 Å². The summed E-state index contributed by atoms with van der Waals surface area (Å²) in [4.78, 5) is 4.30. The van der Waals surface area contributed by atoms with Gasteiger partial charge in [-0.1, -0.05) is 5.92 Å². The van der Waals surface area contributed by atoms with Crippen LogP contribution in [-0.2, 0) is 0 Å². The number of nitrogens with one attached hydrogen (secondary N) is 1. The minimum Gasteiger partial charge on any atom is -0.398 e. The zero-order valence-corrected chi connectivity index (χ0v) is 11.8. The first-order valence-corrected chi connectivity index (χ1v) is 7.28. The minimum atomic E-state index is 0.757. The first-order valence-electron chi connectivity index (χ1n) is 6.12. The molecular formula is C15H17N3S. The normalized spacial score (nSPS) is 10.3. The summed E-state index contributed by atoms with van der Waals surface area (Å²) in [7, 11) is 0. The van der Waals surface area contributed by atoms with Gasteiger partial charge in [-0.25, -0.2) is 0 Å². The zero-order chi connectivity index (χ0) is 13.7. The van der Waals surface area contributed by atoms with Gasteiger partial charge in [-0.3, -0.25) is 4.98 Å². The first-order chi connectivity index (χ1) is 9.22. The van der Waals surface area contributed by atoms with E-state index in [1.165, 1.54) is 0 Å². The number of rotatable bonds is 5. The molecule has 0 amide bonds. The molecule has 0 saturated carbocycles. The molecule has 0 unspecified atom stereocenters. The van der Waals surface area contributed by atoms with E-state index in [0.717, 1.165) is 45.9 Å². The average Bonchev–Trinajstić information content (AvgIpc) is 2.41. The van der Waals surface area contributed by atoms with Gasteiger partial charge in [0.2, 0.25) is 0 Å². The first kappa shape index (κ1) is 13.6. The maximum Gasteiger partial charge on any atom is 0.0545 e. The fourth-order valence-corrected chi connectivity index (χ4v) is 2.42. The number of aromatic nitrogens is 1. The van der Waals surface area contributed by atoms with Crippen molar-refractivity contribution in [2.75, 3.05) is 29.1 Å². The smallest absolute Gasteiger partial charge is 0.0545 e. The lowest BCUT2D eigenvalue weighted by molar-refractivity contribution is 1.21. The third-order valence-corrected chi connectivity index (χ3v) is 3.68. The molecule has 0 aliphatic rings. The van der Waals surface area contributed by atoms with Crippen molar-refractivity contribution in [2.45, 2.75) is 6.92 Å². The summed E-state index contributed by atoms with van der Waals surface area (Å²) in [5.41, 5.74) is 8.82. The Kier molecular flexibility index (Phi) is 4.53. The maximum atomic E-state index is 5.98. The van der Waals surface area contributed by atoms with Gasteiger partial charge < -0.3 is 11.1 Å². The van der Waals surface area contributed by atoms with E-state index < -0.39 is 0 Å². The van der Waals surface area contributed by atoms with Gasteiger partial charge in [-0.15, -0.1) is 18.2 Å². The van der Waals surface area contributed by atoms with Crippen LogP contribution < -0.4 is 11.1 Å². The summed E-state index contributed by atoms with van der Waals surface area (Å²) in [6.07, 6.45) is 7.05. The number of aryl methyl sites for hydroxylation is 1. The number of nitrogen functional groups attached to an aromatic ring is 1. The second-order valence-electron chi connectivity index (χ2n) is 4.26. The summed E-state index contributed by atoms with van der Waals surface area (Å²) >= 11 is 1.75. The molecule has 1 aromatic heterocycles. The fourth-order valence-electron chi connectivity index (χ4n) is 1.91. The van der Waals surface area contributed by atoms with E-state index >= 15 is 0 Å². The van der Waals surface area contributed by atoms with Crippen molar-refractivity contribution in [2.24, 2.45) is 0 Å². The number of thioether (sulfide) groups is 1. The van der Waals surface area contributed by atoms with Crippen LogP contribution in [0.2, 0.25) is 0 Å². The van der Waals surface area contributed by atoms with Gasteiger partial charge in [0.1, 0.15) is 0 Å². The molecular weight excluding hydrogens is 254 g/mol. The van der Waals surface area contributed by atoms with Gasteiger partial charge in [0.25, 0.3) is 0 Å². The van der Waals surface area contributed by atoms with E-state index in [9.17, 15) is 0 Å². The highest BCUT2D eigenvalue weighted by atomic mass is 32.2. The molecule has 1 heterocycles. The molecule has 0 bridgehead atoms. The van der Waals surface area contributed by atoms with Crippen LogP contribution in [-0.4, -0.2) is 23.0 Å². The number of hydrogen-bond acceptors (Lipinski definition) is 4. The quantitative estimate of drug-likeness (QED) is 0.499. The van der Waals surface area contributed by atoms with E-state index in [0.29, 0.717) is 0 Å². The molecule has 98 valence electrons. The Morgan fingerprint density at radius 1 is 1.42 bits per heavy atom. The molecule has 0 aliphatic heterocycles. The summed E-state index contributed by atoms with van der Waals surface area (Å²) in [6.45, 7) is 2.86. The Bertz CT molecular complexity index is 617. The standard InChI is InChI=1S/C15H17N3S/c1-3-7-19-8-6-17-15-5-4-14(16)13-10-18-11(2)9-12(13)15/h1,4-5,9-10,17H,6-8,16H2,2H3. The molecule has 0 saturated heterocycles. The van der Waals surface area contributed by atoms with Gasteiger partial charge in [0.05, 0.1) is 5.75 Å². The molecule has 2 aromatic rings. The summed E-state index contributed by atoms with van der Waals surface area (Å²) in [5, 5.41) is 5.54. The Labute approximate surface area is 118 Å². The molecule has 1 aromatic carbocycles. The molecule has 0 fully saturated rings. The number of nitrogens with zero attached hydrogens (tertiary/aromatic N) is 1. The van der Waals surface area contributed by atoms with Crippen LogP contribution in [0.5, 0.6) is 0 Å². The lowest BCUT2D eigenvalue weighted by Crippen LogP contribution is -2.05. The van der Waals surface area contributed by atoms with Crippen LogP contribution >= 0.6 is 11.8 Å².